The van der Waals surface area contributed by atoms with E-state index in [2.05, 4.69) is 25.9 Å². The van der Waals surface area contributed by atoms with Crippen LogP contribution in [0.3, 0.4) is 0 Å². The normalized spacial score (nSPS) is 15.2. The summed E-state index contributed by atoms with van der Waals surface area (Å²) in [6, 6.07) is 5.73. The maximum Gasteiger partial charge on any atom is 0.421 e. The molecule has 0 unspecified atom stereocenters. The van der Waals surface area contributed by atoms with E-state index in [4.69, 9.17) is 4.74 Å². The number of morpholine rings is 1. The molecule has 180 valence electrons. The van der Waals surface area contributed by atoms with Crippen LogP contribution in [0.1, 0.15) is 12.5 Å². The first-order chi connectivity index (χ1) is 15.6. The number of hydrogen-bond acceptors (Lipinski definition) is 8. The molecule has 0 radical (unpaired) electrons. The van der Waals surface area contributed by atoms with Crippen LogP contribution in [0.4, 0.5) is 30.6 Å². The minimum absolute atomic E-state index is 0.0210. The summed E-state index contributed by atoms with van der Waals surface area (Å²) in [5.74, 6) is -0.873. The van der Waals surface area contributed by atoms with Crippen molar-refractivity contribution in [2.24, 2.45) is 0 Å². The Balaban J connectivity index is 1.74. The van der Waals surface area contributed by atoms with E-state index in [9.17, 15) is 26.4 Å². The third-order valence-electron chi connectivity index (χ3n) is 4.60. The molecule has 3 N–H and O–H groups in total. The van der Waals surface area contributed by atoms with E-state index in [0.29, 0.717) is 25.1 Å². The number of aromatic nitrogens is 2. The Morgan fingerprint density at radius 2 is 1.82 bits per heavy atom. The number of ether oxygens (including phenoxy) is 1. The number of hydrogen-bond donors (Lipinski definition) is 3. The molecule has 0 atom stereocenters. The van der Waals surface area contributed by atoms with Crippen molar-refractivity contribution in [3.05, 3.63) is 36.0 Å². The molecule has 0 saturated carbocycles. The van der Waals surface area contributed by atoms with Gasteiger partial charge in [-0.1, -0.05) is 0 Å². The van der Waals surface area contributed by atoms with Gasteiger partial charge in [0.1, 0.15) is 11.4 Å². The second-order valence-electron chi connectivity index (χ2n) is 7.03. The third-order valence-corrected chi connectivity index (χ3v) is 6.52. The van der Waals surface area contributed by atoms with Crippen molar-refractivity contribution in [2.45, 2.75) is 18.0 Å². The highest BCUT2D eigenvalue weighted by molar-refractivity contribution is 7.89. The highest BCUT2D eigenvalue weighted by atomic mass is 32.2. The largest absolute Gasteiger partial charge is 0.421 e. The van der Waals surface area contributed by atoms with Gasteiger partial charge < -0.3 is 20.7 Å². The molecule has 1 amide bonds. The first-order valence-electron chi connectivity index (χ1n) is 9.95. The monoisotopic (exact) mass is 488 g/mol. The van der Waals surface area contributed by atoms with Gasteiger partial charge in [0.05, 0.1) is 18.1 Å². The Kier molecular flexibility index (Phi) is 7.71. The van der Waals surface area contributed by atoms with Crippen LogP contribution in [0.2, 0.25) is 0 Å². The number of carbonyl (C=O) groups is 1. The fourth-order valence-electron chi connectivity index (χ4n) is 2.98. The molecule has 2 aromatic rings. The Labute approximate surface area is 188 Å². The van der Waals surface area contributed by atoms with Crippen molar-refractivity contribution in [2.75, 3.05) is 50.0 Å². The van der Waals surface area contributed by atoms with Gasteiger partial charge in [-0.25, -0.2) is 13.4 Å². The highest BCUT2D eigenvalue weighted by Gasteiger charge is 2.35. The van der Waals surface area contributed by atoms with E-state index in [0.717, 1.165) is 0 Å². The Bertz CT molecular complexity index is 1070. The van der Waals surface area contributed by atoms with Crippen LogP contribution in [0.25, 0.3) is 0 Å². The molecule has 1 fully saturated rings. The summed E-state index contributed by atoms with van der Waals surface area (Å²) in [5.41, 5.74) is -0.664. The molecule has 3 rings (SSSR count). The summed E-state index contributed by atoms with van der Waals surface area (Å²) in [4.78, 5) is 18.6. The molecule has 1 aromatic carbocycles. The molecular formula is C19H23F3N6O4S. The highest BCUT2D eigenvalue weighted by Crippen LogP contribution is 2.34. The molecule has 14 heteroatoms. The second-order valence-corrected chi connectivity index (χ2v) is 8.97. The maximum absolute atomic E-state index is 13.3. The van der Waals surface area contributed by atoms with Crippen molar-refractivity contribution < 1.29 is 31.1 Å². The van der Waals surface area contributed by atoms with E-state index < -0.39 is 27.6 Å². The molecule has 2 heterocycles. The molecule has 0 aliphatic carbocycles. The zero-order chi connectivity index (χ0) is 24.1. The minimum atomic E-state index is -4.68. The Morgan fingerprint density at radius 1 is 1.15 bits per heavy atom. The van der Waals surface area contributed by atoms with Gasteiger partial charge in [0, 0.05) is 45.0 Å². The number of rotatable bonds is 8. The van der Waals surface area contributed by atoms with E-state index in [1.165, 1.54) is 35.5 Å². The van der Waals surface area contributed by atoms with Crippen molar-refractivity contribution in [1.29, 1.82) is 0 Å². The lowest BCUT2D eigenvalue weighted by Gasteiger charge is -2.26. The fraction of sp³-hybridized carbons (Fsp3) is 0.421. The summed E-state index contributed by atoms with van der Waals surface area (Å²) >= 11 is 0. The lowest BCUT2D eigenvalue weighted by atomic mass is 10.3. The number of anilines is 3. The van der Waals surface area contributed by atoms with Gasteiger partial charge >= 0.3 is 6.18 Å². The number of benzene rings is 1. The SMILES string of the molecule is CC(=O)NCCNc1nc(Nc2ccc(S(=O)(=O)N3CCOCC3)cc2)ncc1C(F)(F)F. The van der Waals surface area contributed by atoms with E-state index in [-0.39, 0.29) is 42.9 Å². The average Bonchev–Trinajstić information content (AvgIpc) is 2.77. The minimum Gasteiger partial charge on any atom is -0.379 e. The molecule has 1 aliphatic rings. The van der Waals surface area contributed by atoms with Crippen LogP contribution < -0.4 is 16.0 Å². The Hall–Kier alpha value is -2.97. The summed E-state index contributed by atoms with van der Waals surface area (Å²) in [6.45, 7) is 2.60. The summed E-state index contributed by atoms with van der Waals surface area (Å²) in [7, 11) is -3.67. The lowest BCUT2D eigenvalue weighted by Crippen LogP contribution is -2.40. The summed E-state index contributed by atoms with van der Waals surface area (Å²) in [5, 5.41) is 7.78. The topological polar surface area (TPSA) is 126 Å². The van der Waals surface area contributed by atoms with Gasteiger partial charge in [0.2, 0.25) is 21.9 Å². The first-order valence-corrected chi connectivity index (χ1v) is 11.4. The van der Waals surface area contributed by atoms with Crippen molar-refractivity contribution in [3.63, 3.8) is 0 Å². The van der Waals surface area contributed by atoms with E-state index in [1.54, 1.807) is 0 Å². The maximum atomic E-state index is 13.3. The van der Waals surface area contributed by atoms with Crippen LogP contribution in [0.15, 0.2) is 35.4 Å². The van der Waals surface area contributed by atoms with Gasteiger partial charge in [0.25, 0.3) is 0 Å². The number of amides is 1. The van der Waals surface area contributed by atoms with Crippen molar-refractivity contribution in [1.82, 2.24) is 19.6 Å². The van der Waals surface area contributed by atoms with Crippen LogP contribution in [-0.2, 0) is 25.7 Å². The molecule has 0 spiro atoms. The quantitative estimate of drug-likeness (QED) is 0.481. The first kappa shape index (κ1) is 24.7. The molecular weight excluding hydrogens is 465 g/mol. The zero-order valence-electron chi connectivity index (χ0n) is 17.6. The predicted octanol–water partition coefficient (Wildman–Crippen LogP) is 1.81. The average molecular weight is 488 g/mol. The second kappa shape index (κ2) is 10.3. The molecule has 33 heavy (non-hydrogen) atoms. The lowest BCUT2D eigenvalue weighted by molar-refractivity contribution is -0.137. The van der Waals surface area contributed by atoms with Gasteiger partial charge in [-0.2, -0.15) is 22.5 Å². The molecule has 10 nitrogen and oxygen atoms in total. The van der Waals surface area contributed by atoms with E-state index >= 15 is 0 Å². The molecule has 0 bridgehead atoms. The number of sulfonamides is 1. The number of carbonyl (C=O) groups excluding carboxylic acids is 1. The number of nitrogens with one attached hydrogen (secondary N) is 3. The van der Waals surface area contributed by atoms with E-state index in [1.807, 2.05) is 0 Å². The van der Waals surface area contributed by atoms with Gasteiger partial charge in [-0.15, -0.1) is 0 Å². The van der Waals surface area contributed by atoms with Crippen molar-refractivity contribution in [3.8, 4) is 0 Å². The summed E-state index contributed by atoms with van der Waals surface area (Å²) < 4.78 is 71.7. The van der Waals surface area contributed by atoms with Gasteiger partial charge in [-0.3, -0.25) is 4.79 Å². The predicted molar refractivity (Wildman–Crippen MR) is 114 cm³/mol. The third kappa shape index (κ3) is 6.52. The van der Waals surface area contributed by atoms with Crippen molar-refractivity contribution >= 4 is 33.4 Å². The summed E-state index contributed by atoms with van der Waals surface area (Å²) in [6.07, 6.45) is -4.03. The molecule has 1 aromatic heterocycles. The number of alkyl halides is 3. The molecule has 1 saturated heterocycles. The molecule has 1 aliphatic heterocycles. The number of halogens is 3. The standard InChI is InChI=1S/C19H23F3N6O4S/c1-13(29)23-6-7-24-17-16(19(20,21)22)12-25-18(27-17)26-14-2-4-15(5-3-14)33(30,31)28-8-10-32-11-9-28/h2-5,12H,6-11H2,1H3,(H,23,29)(H2,24,25,26,27). The Morgan fingerprint density at radius 3 is 2.42 bits per heavy atom. The van der Waals surface area contributed by atoms with Crippen LogP contribution in [0.5, 0.6) is 0 Å². The van der Waals surface area contributed by atoms with Crippen LogP contribution >= 0.6 is 0 Å². The van der Waals surface area contributed by atoms with Gasteiger partial charge in [-0.05, 0) is 24.3 Å². The van der Waals surface area contributed by atoms with Gasteiger partial charge in [0.15, 0.2) is 0 Å². The van der Waals surface area contributed by atoms with Crippen LogP contribution in [-0.4, -0.2) is 68.0 Å². The zero-order valence-corrected chi connectivity index (χ0v) is 18.5. The number of nitrogens with zero attached hydrogens (tertiary/aromatic N) is 3. The van der Waals surface area contributed by atoms with Crippen LogP contribution in [0, 0.1) is 0 Å². The fourth-order valence-corrected chi connectivity index (χ4v) is 4.39. The smallest absolute Gasteiger partial charge is 0.379 e.